The lowest BCUT2D eigenvalue weighted by Crippen LogP contribution is -2.40. The normalized spacial score (nSPS) is 12.4. The van der Waals surface area contributed by atoms with Gasteiger partial charge in [0.25, 0.3) is 0 Å². The number of nitrogens with zero attached hydrogens (tertiary/aromatic N) is 2. The SMILES string of the molecule is CCCCNC(=O)Cn1nc(C)c(S(=O)(=O)NC(C)(C)C)c1C. The van der Waals surface area contributed by atoms with Crippen molar-refractivity contribution in [1.82, 2.24) is 19.8 Å². The highest BCUT2D eigenvalue weighted by Crippen LogP contribution is 2.21. The Morgan fingerprint density at radius 2 is 1.87 bits per heavy atom. The molecule has 0 saturated carbocycles. The molecule has 2 N–H and O–H groups in total. The largest absolute Gasteiger partial charge is 0.354 e. The first-order valence-electron chi connectivity index (χ1n) is 7.82. The fourth-order valence-electron chi connectivity index (χ4n) is 2.27. The molecule has 132 valence electrons. The van der Waals surface area contributed by atoms with Gasteiger partial charge < -0.3 is 5.32 Å². The first-order chi connectivity index (χ1) is 10.5. The first-order valence-corrected chi connectivity index (χ1v) is 9.31. The lowest BCUT2D eigenvalue weighted by molar-refractivity contribution is -0.121. The second-order valence-electron chi connectivity index (χ2n) is 6.72. The lowest BCUT2D eigenvalue weighted by atomic mass is 10.1. The van der Waals surface area contributed by atoms with Crippen LogP contribution in [0.5, 0.6) is 0 Å². The Balaban J connectivity index is 2.98. The molecule has 0 fully saturated rings. The fraction of sp³-hybridized carbons (Fsp3) is 0.733. The number of sulfonamides is 1. The van der Waals surface area contributed by atoms with Gasteiger partial charge in [-0.1, -0.05) is 13.3 Å². The summed E-state index contributed by atoms with van der Waals surface area (Å²) in [5, 5.41) is 7.01. The molecule has 23 heavy (non-hydrogen) atoms. The van der Waals surface area contributed by atoms with Crippen LogP contribution in [0.4, 0.5) is 0 Å². The summed E-state index contributed by atoms with van der Waals surface area (Å²) < 4.78 is 29.1. The van der Waals surface area contributed by atoms with Crippen molar-refractivity contribution in [1.29, 1.82) is 0 Å². The van der Waals surface area contributed by atoms with Gasteiger partial charge >= 0.3 is 0 Å². The van der Waals surface area contributed by atoms with Gasteiger partial charge in [-0.3, -0.25) is 9.48 Å². The molecule has 8 heteroatoms. The Morgan fingerprint density at radius 3 is 2.39 bits per heavy atom. The molecule has 0 radical (unpaired) electrons. The Labute approximate surface area is 138 Å². The van der Waals surface area contributed by atoms with Crippen LogP contribution in [-0.4, -0.2) is 36.2 Å². The molecule has 1 heterocycles. The van der Waals surface area contributed by atoms with E-state index < -0.39 is 15.6 Å². The number of nitrogens with one attached hydrogen (secondary N) is 2. The van der Waals surface area contributed by atoms with Gasteiger partial charge in [-0.15, -0.1) is 0 Å². The summed E-state index contributed by atoms with van der Waals surface area (Å²) in [7, 11) is -3.68. The fourth-order valence-corrected chi connectivity index (χ4v) is 4.11. The van der Waals surface area contributed by atoms with Crippen molar-refractivity contribution in [3.05, 3.63) is 11.4 Å². The van der Waals surface area contributed by atoms with Crippen LogP contribution >= 0.6 is 0 Å². The van der Waals surface area contributed by atoms with Gasteiger partial charge in [0.2, 0.25) is 15.9 Å². The first kappa shape index (κ1) is 19.6. The van der Waals surface area contributed by atoms with Gasteiger partial charge in [0.15, 0.2) is 0 Å². The predicted molar refractivity (Wildman–Crippen MR) is 89.7 cm³/mol. The van der Waals surface area contributed by atoms with Crippen molar-refractivity contribution in [2.45, 2.75) is 71.4 Å². The molecule has 1 aromatic heterocycles. The van der Waals surface area contributed by atoms with Gasteiger partial charge in [-0.05, 0) is 41.0 Å². The number of hydrogen-bond acceptors (Lipinski definition) is 4. The summed E-state index contributed by atoms with van der Waals surface area (Å²) in [6.45, 7) is 11.3. The van der Waals surface area contributed by atoms with Crippen LogP contribution in [0, 0.1) is 13.8 Å². The van der Waals surface area contributed by atoms with Crippen molar-refractivity contribution < 1.29 is 13.2 Å². The summed E-state index contributed by atoms with van der Waals surface area (Å²) in [6.07, 6.45) is 1.92. The maximum Gasteiger partial charge on any atom is 0.244 e. The number of rotatable bonds is 7. The zero-order valence-corrected chi connectivity index (χ0v) is 15.7. The molecule has 0 bridgehead atoms. The Bertz CT molecular complexity index is 657. The van der Waals surface area contributed by atoms with Crippen LogP contribution in [-0.2, 0) is 21.4 Å². The monoisotopic (exact) mass is 344 g/mol. The highest BCUT2D eigenvalue weighted by atomic mass is 32.2. The second-order valence-corrected chi connectivity index (χ2v) is 8.34. The van der Waals surface area contributed by atoms with Gasteiger partial charge in [0.1, 0.15) is 11.4 Å². The number of aryl methyl sites for hydroxylation is 1. The third-order valence-electron chi connectivity index (χ3n) is 3.17. The number of unbranched alkanes of at least 4 members (excludes halogenated alkanes) is 1. The van der Waals surface area contributed by atoms with E-state index in [1.165, 1.54) is 4.68 Å². The molecule has 0 aliphatic heterocycles. The quantitative estimate of drug-likeness (QED) is 0.733. The van der Waals surface area contributed by atoms with Crippen LogP contribution in [0.1, 0.15) is 51.9 Å². The van der Waals surface area contributed by atoms with Crippen LogP contribution in [0.25, 0.3) is 0 Å². The average Bonchev–Trinajstić information content (AvgIpc) is 2.62. The van der Waals surface area contributed by atoms with E-state index >= 15 is 0 Å². The molecule has 7 nitrogen and oxygen atoms in total. The molecule has 0 unspecified atom stereocenters. The molecule has 0 aliphatic carbocycles. The molecule has 0 atom stereocenters. The molecule has 1 aromatic rings. The third kappa shape index (κ3) is 5.62. The van der Waals surface area contributed by atoms with Gasteiger partial charge in [0, 0.05) is 12.1 Å². The maximum absolute atomic E-state index is 12.5. The molecule has 0 aromatic carbocycles. The van der Waals surface area contributed by atoms with E-state index in [1.54, 1.807) is 34.6 Å². The van der Waals surface area contributed by atoms with Crippen molar-refractivity contribution in [3.8, 4) is 0 Å². The summed E-state index contributed by atoms with van der Waals surface area (Å²) in [4.78, 5) is 12.0. The Hall–Kier alpha value is -1.41. The summed E-state index contributed by atoms with van der Waals surface area (Å²) in [6, 6.07) is 0. The Kier molecular flexibility index (Phi) is 6.35. The smallest absolute Gasteiger partial charge is 0.244 e. The second kappa shape index (κ2) is 7.44. The molecule has 0 spiro atoms. The number of amides is 1. The molecular weight excluding hydrogens is 316 g/mol. The van der Waals surface area contributed by atoms with Crippen molar-refractivity contribution in [3.63, 3.8) is 0 Å². The van der Waals surface area contributed by atoms with E-state index in [2.05, 4.69) is 15.1 Å². The zero-order valence-electron chi connectivity index (χ0n) is 14.9. The summed E-state index contributed by atoms with van der Waals surface area (Å²) in [5.74, 6) is -0.170. The minimum absolute atomic E-state index is 0.0153. The van der Waals surface area contributed by atoms with Crippen LogP contribution in [0.3, 0.4) is 0 Å². The topological polar surface area (TPSA) is 93.1 Å². The lowest BCUT2D eigenvalue weighted by Gasteiger charge is -2.20. The van der Waals surface area contributed by atoms with Crippen LogP contribution in [0.15, 0.2) is 4.90 Å². The molecule has 0 aliphatic rings. The van der Waals surface area contributed by atoms with Gasteiger partial charge in [-0.2, -0.15) is 5.10 Å². The molecular formula is C15H28N4O3S. The summed E-state index contributed by atoms with van der Waals surface area (Å²) in [5.41, 5.74) is 0.266. The molecule has 0 saturated heterocycles. The van der Waals surface area contributed by atoms with Crippen LogP contribution < -0.4 is 10.0 Å². The third-order valence-corrected chi connectivity index (χ3v) is 5.18. The molecule has 1 amide bonds. The Morgan fingerprint density at radius 1 is 1.26 bits per heavy atom. The summed E-state index contributed by atoms with van der Waals surface area (Å²) >= 11 is 0. The highest BCUT2D eigenvalue weighted by molar-refractivity contribution is 7.89. The van der Waals surface area contributed by atoms with Gasteiger partial charge in [0.05, 0.1) is 11.4 Å². The van der Waals surface area contributed by atoms with Crippen molar-refractivity contribution in [2.24, 2.45) is 0 Å². The van der Waals surface area contributed by atoms with E-state index in [-0.39, 0.29) is 17.3 Å². The zero-order chi connectivity index (χ0) is 17.8. The van der Waals surface area contributed by atoms with Crippen molar-refractivity contribution in [2.75, 3.05) is 6.54 Å². The standard InChI is InChI=1S/C15H28N4O3S/c1-7-8-9-16-13(20)10-19-12(3)14(11(2)17-19)23(21,22)18-15(4,5)6/h18H,7-10H2,1-6H3,(H,16,20). The predicted octanol–water partition coefficient (Wildman–Crippen LogP) is 1.49. The highest BCUT2D eigenvalue weighted by Gasteiger charge is 2.28. The van der Waals surface area contributed by atoms with E-state index in [9.17, 15) is 13.2 Å². The van der Waals surface area contributed by atoms with Gasteiger partial charge in [-0.25, -0.2) is 13.1 Å². The average molecular weight is 344 g/mol. The maximum atomic E-state index is 12.5. The van der Waals surface area contributed by atoms with E-state index in [1.807, 2.05) is 6.92 Å². The van der Waals surface area contributed by atoms with Crippen LogP contribution in [0.2, 0.25) is 0 Å². The van der Waals surface area contributed by atoms with E-state index in [0.717, 1.165) is 12.8 Å². The number of hydrogen-bond donors (Lipinski definition) is 2. The molecule has 1 rings (SSSR count). The van der Waals surface area contributed by atoms with Crippen molar-refractivity contribution >= 4 is 15.9 Å². The minimum Gasteiger partial charge on any atom is -0.354 e. The number of aromatic nitrogens is 2. The van der Waals surface area contributed by atoms with E-state index in [0.29, 0.717) is 17.9 Å². The number of carbonyl (C=O) groups is 1. The van der Waals surface area contributed by atoms with E-state index in [4.69, 9.17) is 0 Å². The minimum atomic E-state index is -3.68. The number of carbonyl (C=O) groups excluding carboxylic acids is 1.